The molecular formula is C13H13F2N3O. The van der Waals surface area contributed by atoms with E-state index in [1.54, 1.807) is 11.0 Å². The third-order valence-electron chi connectivity index (χ3n) is 3.35. The highest BCUT2D eigenvalue weighted by molar-refractivity contribution is 5.27. The maximum Gasteiger partial charge on any atom is 0.137 e. The van der Waals surface area contributed by atoms with Crippen molar-refractivity contribution < 1.29 is 13.5 Å². The van der Waals surface area contributed by atoms with Crippen molar-refractivity contribution >= 4 is 0 Å². The molecule has 1 aliphatic heterocycles. The van der Waals surface area contributed by atoms with E-state index in [0.29, 0.717) is 18.5 Å². The van der Waals surface area contributed by atoms with E-state index in [-0.39, 0.29) is 6.10 Å². The number of hydrogen-bond donors (Lipinski definition) is 0. The predicted octanol–water partition coefficient (Wildman–Crippen LogP) is 2.26. The van der Waals surface area contributed by atoms with Crippen molar-refractivity contribution in [1.82, 2.24) is 14.8 Å². The fourth-order valence-corrected chi connectivity index (χ4v) is 2.64. The Bertz CT molecular complexity index is 580. The summed E-state index contributed by atoms with van der Waals surface area (Å²) in [6.07, 6.45) is 3.68. The second kappa shape index (κ2) is 4.38. The zero-order valence-corrected chi connectivity index (χ0v) is 10.4. The molecule has 2 aromatic rings. The molecule has 2 heterocycles. The highest BCUT2D eigenvalue weighted by atomic mass is 19.1. The van der Waals surface area contributed by atoms with Gasteiger partial charge >= 0.3 is 0 Å². The number of halogens is 2. The van der Waals surface area contributed by atoms with E-state index in [0.717, 1.165) is 6.07 Å². The first-order valence-electron chi connectivity index (χ1n) is 6.05. The summed E-state index contributed by atoms with van der Waals surface area (Å²) in [4.78, 5) is 3.86. The van der Waals surface area contributed by atoms with Gasteiger partial charge < -0.3 is 4.74 Å². The fourth-order valence-electron chi connectivity index (χ4n) is 2.64. The van der Waals surface area contributed by atoms with E-state index in [2.05, 4.69) is 10.1 Å². The summed E-state index contributed by atoms with van der Waals surface area (Å²) in [6.45, 7) is 2.28. The highest BCUT2D eigenvalue weighted by Gasteiger charge is 2.47. The Labute approximate surface area is 109 Å². The van der Waals surface area contributed by atoms with Crippen LogP contribution in [0, 0.1) is 11.6 Å². The van der Waals surface area contributed by atoms with E-state index in [4.69, 9.17) is 4.74 Å². The molecule has 2 unspecified atom stereocenters. The molecular weight excluding hydrogens is 252 g/mol. The second-order valence-electron chi connectivity index (χ2n) is 4.84. The monoisotopic (exact) mass is 265 g/mol. The molecule has 6 heteroatoms. The second-order valence-corrected chi connectivity index (χ2v) is 4.84. The minimum Gasteiger partial charge on any atom is -0.365 e. The van der Waals surface area contributed by atoms with Crippen LogP contribution in [0.15, 0.2) is 30.9 Å². The summed E-state index contributed by atoms with van der Waals surface area (Å²) < 4.78 is 34.3. The van der Waals surface area contributed by atoms with Crippen molar-refractivity contribution in [3.63, 3.8) is 0 Å². The average Bonchev–Trinajstić information content (AvgIpc) is 2.79. The highest BCUT2D eigenvalue weighted by Crippen LogP contribution is 2.44. The predicted molar refractivity (Wildman–Crippen MR) is 63.2 cm³/mol. The van der Waals surface area contributed by atoms with Crippen LogP contribution in [0.3, 0.4) is 0 Å². The first kappa shape index (κ1) is 12.2. The lowest BCUT2D eigenvalue weighted by Gasteiger charge is -2.46. The number of ether oxygens (including phenoxy) is 1. The summed E-state index contributed by atoms with van der Waals surface area (Å²) in [5.74, 6) is -1.18. The molecule has 1 aromatic heterocycles. The van der Waals surface area contributed by atoms with Crippen LogP contribution in [0.5, 0.6) is 0 Å². The Hall–Kier alpha value is -1.82. The van der Waals surface area contributed by atoms with Gasteiger partial charge in [0.15, 0.2) is 0 Å². The van der Waals surface area contributed by atoms with Crippen LogP contribution in [0.4, 0.5) is 8.78 Å². The average molecular weight is 265 g/mol. The van der Waals surface area contributed by atoms with E-state index in [1.165, 1.54) is 18.5 Å². The van der Waals surface area contributed by atoms with Crippen molar-refractivity contribution in [2.75, 3.05) is 0 Å². The van der Waals surface area contributed by atoms with E-state index < -0.39 is 17.2 Å². The van der Waals surface area contributed by atoms with Gasteiger partial charge in [0.2, 0.25) is 0 Å². The van der Waals surface area contributed by atoms with Gasteiger partial charge in [-0.3, -0.25) is 0 Å². The van der Waals surface area contributed by atoms with E-state index >= 15 is 0 Å². The van der Waals surface area contributed by atoms with Crippen LogP contribution < -0.4 is 0 Å². The van der Waals surface area contributed by atoms with Crippen LogP contribution in [0.2, 0.25) is 0 Å². The van der Waals surface area contributed by atoms with Crippen molar-refractivity contribution in [3.8, 4) is 0 Å². The van der Waals surface area contributed by atoms with Crippen LogP contribution in [-0.2, 0) is 16.9 Å². The summed E-state index contributed by atoms with van der Waals surface area (Å²) >= 11 is 0. The summed E-state index contributed by atoms with van der Waals surface area (Å²) in [7, 11) is 0. The van der Waals surface area contributed by atoms with Crippen molar-refractivity contribution in [2.24, 2.45) is 0 Å². The first-order chi connectivity index (χ1) is 9.09. The molecule has 100 valence electrons. The molecule has 1 fully saturated rings. The minimum atomic E-state index is -0.787. The topological polar surface area (TPSA) is 39.9 Å². The molecule has 0 amide bonds. The lowest BCUT2D eigenvalue weighted by Crippen LogP contribution is -2.50. The summed E-state index contributed by atoms with van der Waals surface area (Å²) in [6, 6.07) is 3.56. The van der Waals surface area contributed by atoms with Crippen LogP contribution in [0.1, 0.15) is 18.9 Å². The molecule has 0 aliphatic carbocycles. The lowest BCUT2D eigenvalue weighted by atomic mass is 9.82. The quantitative estimate of drug-likeness (QED) is 0.854. The van der Waals surface area contributed by atoms with Crippen molar-refractivity contribution in [3.05, 3.63) is 48.1 Å². The van der Waals surface area contributed by atoms with Gasteiger partial charge in [-0.15, -0.1) is 0 Å². The largest absolute Gasteiger partial charge is 0.365 e. The van der Waals surface area contributed by atoms with Crippen LogP contribution >= 0.6 is 0 Å². The van der Waals surface area contributed by atoms with Crippen molar-refractivity contribution in [1.29, 1.82) is 0 Å². The maximum atomic E-state index is 14.0. The normalized spacial score (nSPS) is 26.2. The van der Waals surface area contributed by atoms with E-state index in [1.807, 2.05) is 6.92 Å². The van der Waals surface area contributed by atoms with Gasteiger partial charge in [0.1, 0.15) is 29.9 Å². The van der Waals surface area contributed by atoms with Gasteiger partial charge in [-0.2, -0.15) is 5.10 Å². The number of nitrogens with zero attached hydrogens (tertiary/aromatic N) is 3. The van der Waals surface area contributed by atoms with Gasteiger partial charge in [0.05, 0.1) is 12.6 Å². The smallest absolute Gasteiger partial charge is 0.137 e. The number of aromatic nitrogens is 3. The summed E-state index contributed by atoms with van der Waals surface area (Å²) in [5.41, 5.74) is -0.423. The first-order valence-corrected chi connectivity index (χ1v) is 6.05. The van der Waals surface area contributed by atoms with Gasteiger partial charge in [-0.25, -0.2) is 18.4 Å². The third kappa shape index (κ3) is 2.12. The SMILES string of the molecule is CC1CC(Cn2cncn2)(c2ccc(F)cc2F)O1. The van der Waals surface area contributed by atoms with E-state index in [9.17, 15) is 8.78 Å². The molecule has 0 spiro atoms. The molecule has 4 nitrogen and oxygen atoms in total. The molecule has 0 saturated carbocycles. The number of rotatable bonds is 3. The molecule has 1 aromatic carbocycles. The maximum absolute atomic E-state index is 14.0. The summed E-state index contributed by atoms with van der Waals surface area (Å²) in [5, 5.41) is 4.01. The molecule has 0 N–H and O–H groups in total. The Morgan fingerprint density at radius 2 is 2.26 bits per heavy atom. The minimum absolute atomic E-state index is 0.0491. The van der Waals surface area contributed by atoms with Gasteiger partial charge in [0.25, 0.3) is 0 Å². The van der Waals surface area contributed by atoms with Gasteiger partial charge in [-0.05, 0) is 13.0 Å². The number of benzene rings is 1. The lowest BCUT2D eigenvalue weighted by molar-refractivity contribution is -0.215. The fraction of sp³-hybridized carbons (Fsp3) is 0.385. The standard InChI is InChI=1S/C13H13F2N3O/c1-9-5-13(19-9,6-18-8-16-7-17-18)11-3-2-10(14)4-12(11)15/h2-4,7-9H,5-6H2,1H3. The van der Waals surface area contributed by atoms with Crippen LogP contribution in [0.25, 0.3) is 0 Å². The van der Waals surface area contributed by atoms with Crippen molar-refractivity contribution in [2.45, 2.75) is 31.6 Å². The Morgan fingerprint density at radius 1 is 1.47 bits per heavy atom. The van der Waals surface area contributed by atoms with Crippen LogP contribution in [-0.4, -0.2) is 20.9 Å². The zero-order valence-electron chi connectivity index (χ0n) is 10.4. The van der Waals surface area contributed by atoms with Gasteiger partial charge in [-0.1, -0.05) is 6.07 Å². The molecule has 1 saturated heterocycles. The zero-order chi connectivity index (χ0) is 13.5. The van der Waals surface area contributed by atoms with Gasteiger partial charge in [0, 0.05) is 18.1 Å². The third-order valence-corrected chi connectivity index (χ3v) is 3.35. The Morgan fingerprint density at radius 3 is 2.84 bits per heavy atom. The molecule has 1 aliphatic rings. The molecule has 3 rings (SSSR count). The Balaban J connectivity index is 1.96. The number of hydrogen-bond acceptors (Lipinski definition) is 3. The molecule has 0 bridgehead atoms. The molecule has 0 radical (unpaired) electrons. The molecule has 2 atom stereocenters. The molecule has 19 heavy (non-hydrogen) atoms. The Kier molecular flexibility index (Phi) is 2.82.